The molecular formula is C27H34N2O4. The largest absolute Gasteiger partial charge is 0.445 e. The number of ether oxygens (including phenoxy) is 1. The summed E-state index contributed by atoms with van der Waals surface area (Å²) in [7, 11) is 0. The van der Waals surface area contributed by atoms with Crippen molar-refractivity contribution in [2.24, 2.45) is 5.92 Å². The van der Waals surface area contributed by atoms with E-state index in [4.69, 9.17) is 4.74 Å². The maximum Gasteiger partial charge on any atom is 0.408 e. The summed E-state index contributed by atoms with van der Waals surface area (Å²) in [6.07, 6.45) is 4.38. The first-order valence-corrected chi connectivity index (χ1v) is 11.3. The van der Waals surface area contributed by atoms with Gasteiger partial charge in [0, 0.05) is 6.04 Å². The fraction of sp³-hybridized carbons (Fsp3) is 0.370. The van der Waals surface area contributed by atoms with E-state index in [0.717, 1.165) is 17.5 Å². The number of carbonyl (C=O) groups excluding carboxylic acids is 3. The zero-order valence-corrected chi connectivity index (χ0v) is 19.6. The minimum atomic E-state index is -0.738. The molecule has 2 aromatic carbocycles. The fourth-order valence-corrected chi connectivity index (χ4v) is 3.33. The molecule has 0 spiro atoms. The van der Waals surface area contributed by atoms with Crippen LogP contribution >= 0.6 is 0 Å². The first kappa shape index (κ1) is 25.8. The van der Waals surface area contributed by atoms with Crippen LogP contribution in [0.25, 0.3) is 0 Å². The van der Waals surface area contributed by atoms with Gasteiger partial charge in [-0.1, -0.05) is 80.6 Å². The van der Waals surface area contributed by atoms with E-state index in [-0.39, 0.29) is 30.3 Å². The standard InChI is InChI=1S/C27H34N2O4/c1-20(2)18-25(29-27(32)33-19-23-12-8-5-9-13-23)26(31)28-24(16-14-21(3)30)17-15-22-10-6-4-7-11-22/h4-14,16,20,24-25H,15,17-19H2,1-3H3,(H,28,31)(H,29,32)/b16-14+/t24-,25+/m1/s1. The number of ketones is 1. The minimum absolute atomic E-state index is 0.0877. The van der Waals surface area contributed by atoms with E-state index in [0.29, 0.717) is 12.8 Å². The quantitative estimate of drug-likeness (QED) is 0.463. The average Bonchev–Trinajstić information content (AvgIpc) is 2.80. The monoisotopic (exact) mass is 450 g/mol. The fourth-order valence-electron chi connectivity index (χ4n) is 3.33. The Balaban J connectivity index is 2.00. The molecule has 0 heterocycles. The van der Waals surface area contributed by atoms with Crippen molar-refractivity contribution >= 4 is 17.8 Å². The van der Waals surface area contributed by atoms with Gasteiger partial charge >= 0.3 is 6.09 Å². The highest BCUT2D eigenvalue weighted by Gasteiger charge is 2.24. The Labute approximate surface area is 196 Å². The molecule has 0 aliphatic rings. The summed E-state index contributed by atoms with van der Waals surface area (Å²) in [5, 5.41) is 5.68. The van der Waals surface area contributed by atoms with Crippen LogP contribution in [0.1, 0.15) is 44.7 Å². The van der Waals surface area contributed by atoms with Crippen LogP contribution in [0, 0.1) is 5.92 Å². The highest BCUT2D eigenvalue weighted by molar-refractivity contribution is 5.88. The first-order chi connectivity index (χ1) is 15.8. The zero-order valence-electron chi connectivity index (χ0n) is 19.6. The molecule has 176 valence electrons. The van der Waals surface area contributed by atoms with Crippen LogP contribution in [0.2, 0.25) is 0 Å². The molecule has 0 aliphatic heterocycles. The van der Waals surface area contributed by atoms with E-state index < -0.39 is 12.1 Å². The molecule has 2 rings (SSSR count). The molecule has 0 fully saturated rings. The van der Waals surface area contributed by atoms with E-state index in [1.807, 2.05) is 74.5 Å². The number of nitrogens with one attached hydrogen (secondary N) is 2. The summed E-state index contributed by atoms with van der Waals surface area (Å²) < 4.78 is 5.29. The van der Waals surface area contributed by atoms with Gasteiger partial charge in [-0.05, 0) is 49.3 Å². The van der Waals surface area contributed by atoms with Crippen molar-refractivity contribution in [3.63, 3.8) is 0 Å². The molecule has 2 aromatic rings. The number of allylic oxidation sites excluding steroid dienone is 1. The number of amides is 2. The lowest BCUT2D eigenvalue weighted by atomic mass is 10.0. The van der Waals surface area contributed by atoms with Crippen LogP contribution in [0.5, 0.6) is 0 Å². The van der Waals surface area contributed by atoms with Gasteiger partial charge < -0.3 is 15.4 Å². The Morgan fingerprint density at radius 3 is 2.09 bits per heavy atom. The second kappa shape index (κ2) is 13.9. The van der Waals surface area contributed by atoms with Crippen molar-refractivity contribution in [1.82, 2.24) is 10.6 Å². The van der Waals surface area contributed by atoms with E-state index in [1.165, 1.54) is 13.0 Å². The highest BCUT2D eigenvalue weighted by atomic mass is 16.5. The lowest BCUT2D eigenvalue weighted by Crippen LogP contribution is -2.50. The molecule has 2 amide bonds. The second-order valence-corrected chi connectivity index (χ2v) is 8.50. The van der Waals surface area contributed by atoms with Gasteiger partial charge in [0.05, 0.1) is 0 Å². The Morgan fingerprint density at radius 1 is 0.909 bits per heavy atom. The molecule has 6 nitrogen and oxygen atoms in total. The third-order valence-corrected chi connectivity index (χ3v) is 5.01. The molecule has 0 radical (unpaired) electrons. The normalized spacial score (nSPS) is 12.8. The molecule has 33 heavy (non-hydrogen) atoms. The topological polar surface area (TPSA) is 84.5 Å². The predicted molar refractivity (Wildman–Crippen MR) is 130 cm³/mol. The van der Waals surface area contributed by atoms with E-state index in [2.05, 4.69) is 10.6 Å². The van der Waals surface area contributed by atoms with Gasteiger partial charge in [-0.2, -0.15) is 0 Å². The van der Waals surface area contributed by atoms with E-state index in [1.54, 1.807) is 6.08 Å². The summed E-state index contributed by atoms with van der Waals surface area (Å²) >= 11 is 0. The van der Waals surface area contributed by atoms with Crippen molar-refractivity contribution in [3.05, 3.63) is 83.9 Å². The Bertz CT molecular complexity index is 910. The molecule has 2 atom stereocenters. The molecule has 0 aromatic heterocycles. The van der Waals surface area contributed by atoms with Crippen LogP contribution in [-0.2, 0) is 27.4 Å². The van der Waals surface area contributed by atoms with Crippen molar-refractivity contribution in [2.75, 3.05) is 0 Å². The Kier molecular flexibility index (Phi) is 10.9. The zero-order chi connectivity index (χ0) is 24.1. The van der Waals surface area contributed by atoms with Gasteiger partial charge in [-0.25, -0.2) is 4.79 Å². The number of carbonyl (C=O) groups is 3. The van der Waals surface area contributed by atoms with Crippen LogP contribution in [0.15, 0.2) is 72.8 Å². The molecular weight excluding hydrogens is 416 g/mol. The van der Waals surface area contributed by atoms with Crippen molar-refractivity contribution in [2.45, 2.75) is 58.7 Å². The second-order valence-electron chi connectivity index (χ2n) is 8.50. The van der Waals surface area contributed by atoms with Crippen LogP contribution in [0.3, 0.4) is 0 Å². The molecule has 2 N–H and O–H groups in total. The van der Waals surface area contributed by atoms with Gasteiger partial charge in [0.1, 0.15) is 12.6 Å². The van der Waals surface area contributed by atoms with E-state index >= 15 is 0 Å². The van der Waals surface area contributed by atoms with E-state index in [9.17, 15) is 14.4 Å². The summed E-state index contributed by atoms with van der Waals surface area (Å²) in [5.41, 5.74) is 2.02. The SMILES string of the molecule is CC(=O)/C=C/[C@H](CCc1ccccc1)NC(=O)[C@H](CC(C)C)NC(=O)OCc1ccccc1. The van der Waals surface area contributed by atoms with Gasteiger partial charge in [-0.15, -0.1) is 0 Å². The van der Waals surface area contributed by atoms with Gasteiger partial charge in [-0.3, -0.25) is 9.59 Å². The maximum absolute atomic E-state index is 13.1. The third kappa shape index (κ3) is 10.6. The summed E-state index contributed by atoms with van der Waals surface area (Å²) in [5.74, 6) is -0.201. The number of benzene rings is 2. The third-order valence-electron chi connectivity index (χ3n) is 5.01. The van der Waals surface area contributed by atoms with Gasteiger partial charge in [0.15, 0.2) is 5.78 Å². The summed E-state index contributed by atoms with van der Waals surface area (Å²) in [6.45, 7) is 5.57. The molecule has 0 unspecified atom stereocenters. The van der Waals surface area contributed by atoms with Crippen LogP contribution < -0.4 is 10.6 Å². The van der Waals surface area contributed by atoms with Crippen LogP contribution in [-0.4, -0.2) is 29.9 Å². The predicted octanol–water partition coefficient (Wildman–Crippen LogP) is 4.59. The maximum atomic E-state index is 13.1. The smallest absolute Gasteiger partial charge is 0.408 e. The molecule has 0 saturated carbocycles. The summed E-state index contributed by atoms with van der Waals surface area (Å²) in [6, 6.07) is 18.2. The van der Waals surface area contributed by atoms with Crippen LogP contribution in [0.4, 0.5) is 4.79 Å². The average molecular weight is 451 g/mol. The lowest BCUT2D eigenvalue weighted by Gasteiger charge is -2.23. The summed E-state index contributed by atoms with van der Waals surface area (Å²) in [4.78, 5) is 36.9. The number of alkyl carbamates (subject to hydrolysis) is 1. The number of rotatable bonds is 12. The molecule has 0 saturated heterocycles. The Morgan fingerprint density at radius 2 is 1.52 bits per heavy atom. The molecule has 0 aliphatic carbocycles. The number of aryl methyl sites for hydroxylation is 1. The van der Waals surface area contributed by atoms with Gasteiger partial charge in [0.25, 0.3) is 0 Å². The molecule has 0 bridgehead atoms. The lowest BCUT2D eigenvalue weighted by molar-refractivity contribution is -0.124. The molecule has 6 heteroatoms. The number of hydrogen-bond donors (Lipinski definition) is 2. The number of hydrogen-bond acceptors (Lipinski definition) is 4. The van der Waals surface area contributed by atoms with Gasteiger partial charge in [0.2, 0.25) is 5.91 Å². The van der Waals surface area contributed by atoms with Crippen molar-refractivity contribution in [3.8, 4) is 0 Å². The Hall–Kier alpha value is -3.41. The first-order valence-electron chi connectivity index (χ1n) is 11.3. The highest BCUT2D eigenvalue weighted by Crippen LogP contribution is 2.10. The minimum Gasteiger partial charge on any atom is -0.445 e. The van der Waals surface area contributed by atoms with Crippen molar-refractivity contribution < 1.29 is 19.1 Å². The van der Waals surface area contributed by atoms with Crippen molar-refractivity contribution in [1.29, 1.82) is 0 Å².